The first-order chi connectivity index (χ1) is 7.17. The summed E-state index contributed by atoms with van der Waals surface area (Å²) in [5.74, 6) is 0. The Kier molecular flexibility index (Phi) is 4.00. The van der Waals surface area contributed by atoms with E-state index in [4.69, 9.17) is 5.11 Å². The monoisotopic (exact) mass is 207 g/mol. The summed E-state index contributed by atoms with van der Waals surface area (Å²) in [4.78, 5) is 9.97. The third-order valence-corrected chi connectivity index (χ3v) is 2.13. The van der Waals surface area contributed by atoms with Crippen molar-refractivity contribution in [2.45, 2.75) is 13.3 Å². The highest BCUT2D eigenvalue weighted by Gasteiger charge is 2.02. The van der Waals surface area contributed by atoms with Crippen LogP contribution in [0, 0.1) is 10.1 Å². The van der Waals surface area contributed by atoms with Crippen molar-refractivity contribution in [2.75, 3.05) is 6.61 Å². The van der Waals surface area contributed by atoms with Crippen molar-refractivity contribution < 1.29 is 10.0 Å². The van der Waals surface area contributed by atoms with E-state index in [0.717, 1.165) is 17.6 Å². The number of rotatable bonds is 4. The van der Waals surface area contributed by atoms with E-state index in [0.29, 0.717) is 0 Å². The third kappa shape index (κ3) is 3.18. The molecule has 15 heavy (non-hydrogen) atoms. The Morgan fingerprint density at radius 2 is 2.07 bits per heavy atom. The molecule has 0 amide bonds. The number of nitro groups is 1. The molecule has 1 N–H and O–H groups in total. The molecule has 0 aliphatic carbocycles. The highest BCUT2D eigenvalue weighted by atomic mass is 16.6. The lowest BCUT2D eigenvalue weighted by Gasteiger charge is -1.99. The van der Waals surface area contributed by atoms with Gasteiger partial charge in [0.1, 0.15) is 0 Å². The first kappa shape index (κ1) is 11.4. The molecule has 1 aromatic rings. The second-order valence-corrected chi connectivity index (χ2v) is 3.16. The Balaban J connectivity index is 2.89. The summed E-state index contributed by atoms with van der Waals surface area (Å²) in [7, 11) is 0. The van der Waals surface area contributed by atoms with Gasteiger partial charge >= 0.3 is 0 Å². The van der Waals surface area contributed by atoms with Gasteiger partial charge in [-0.05, 0) is 29.7 Å². The Morgan fingerprint density at radius 3 is 2.47 bits per heavy atom. The Bertz CT molecular complexity index is 362. The van der Waals surface area contributed by atoms with Crippen LogP contribution in [-0.4, -0.2) is 16.6 Å². The van der Waals surface area contributed by atoms with Crippen LogP contribution in [0.15, 0.2) is 29.8 Å². The zero-order valence-corrected chi connectivity index (χ0v) is 8.51. The van der Waals surface area contributed by atoms with E-state index in [2.05, 4.69) is 0 Å². The van der Waals surface area contributed by atoms with Gasteiger partial charge in [-0.1, -0.05) is 13.0 Å². The summed E-state index contributed by atoms with van der Waals surface area (Å²) in [6.07, 6.45) is 2.61. The molecule has 0 saturated carbocycles. The minimum absolute atomic E-state index is 0.0213. The van der Waals surface area contributed by atoms with Crippen molar-refractivity contribution in [1.82, 2.24) is 0 Å². The Labute approximate surface area is 88.0 Å². The fourth-order valence-corrected chi connectivity index (χ4v) is 1.19. The molecule has 0 bridgehead atoms. The van der Waals surface area contributed by atoms with Crippen molar-refractivity contribution in [3.63, 3.8) is 0 Å². The zero-order chi connectivity index (χ0) is 11.3. The lowest BCUT2D eigenvalue weighted by molar-refractivity contribution is -0.384. The largest absolute Gasteiger partial charge is 0.392 e. The molecule has 4 heteroatoms. The average Bonchev–Trinajstić information content (AvgIpc) is 2.26. The summed E-state index contributed by atoms with van der Waals surface area (Å²) in [6.45, 7) is 1.97. The highest BCUT2D eigenvalue weighted by Crippen LogP contribution is 2.15. The Hall–Kier alpha value is -1.68. The maximum absolute atomic E-state index is 10.4. The number of nitrogens with zero attached hydrogens (tertiary/aromatic N) is 1. The molecule has 0 fully saturated rings. The molecule has 0 heterocycles. The van der Waals surface area contributed by atoms with Crippen LogP contribution in [-0.2, 0) is 0 Å². The SMILES string of the molecule is CCC(=Cc1ccc([N+](=O)[O-])cc1)CO. The highest BCUT2D eigenvalue weighted by molar-refractivity contribution is 5.54. The van der Waals surface area contributed by atoms with Gasteiger partial charge in [0.15, 0.2) is 0 Å². The van der Waals surface area contributed by atoms with E-state index in [1.54, 1.807) is 12.1 Å². The van der Waals surface area contributed by atoms with Crippen molar-refractivity contribution in [3.8, 4) is 0 Å². The van der Waals surface area contributed by atoms with Gasteiger partial charge in [0.25, 0.3) is 5.69 Å². The molecular formula is C11H13NO3. The fraction of sp³-hybridized carbons (Fsp3) is 0.273. The van der Waals surface area contributed by atoms with Gasteiger partial charge in [-0.25, -0.2) is 0 Å². The predicted octanol–water partition coefficient (Wildman–Crippen LogP) is 2.38. The summed E-state index contributed by atoms with van der Waals surface area (Å²) >= 11 is 0. The zero-order valence-electron chi connectivity index (χ0n) is 8.51. The van der Waals surface area contributed by atoms with Gasteiger partial charge in [-0.3, -0.25) is 10.1 Å². The van der Waals surface area contributed by atoms with E-state index in [1.807, 2.05) is 13.0 Å². The molecule has 1 rings (SSSR count). The average molecular weight is 207 g/mol. The van der Waals surface area contributed by atoms with Crippen LogP contribution in [0.2, 0.25) is 0 Å². The number of non-ortho nitro benzene ring substituents is 1. The molecule has 0 unspecified atom stereocenters. The number of benzene rings is 1. The van der Waals surface area contributed by atoms with E-state index in [1.165, 1.54) is 12.1 Å². The topological polar surface area (TPSA) is 63.4 Å². The summed E-state index contributed by atoms with van der Waals surface area (Å²) in [6, 6.07) is 6.25. The quantitative estimate of drug-likeness (QED) is 0.609. The number of aliphatic hydroxyl groups excluding tert-OH is 1. The second-order valence-electron chi connectivity index (χ2n) is 3.16. The maximum Gasteiger partial charge on any atom is 0.269 e. The normalized spacial score (nSPS) is 11.5. The molecule has 0 atom stereocenters. The lowest BCUT2D eigenvalue weighted by atomic mass is 10.1. The van der Waals surface area contributed by atoms with Gasteiger partial charge in [-0.15, -0.1) is 0 Å². The number of hydrogen-bond donors (Lipinski definition) is 1. The van der Waals surface area contributed by atoms with Crippen molar-refractivity contribution in [1.29, 1.82) is 0 Å². The summed E-state index contributed by atoms with van der Waals surface area (Å²) in [5.41, 5.74) is 1.85. The number of nitro benzene ring substituents is 1. The van der Waals surface area contributed by atoms with Gasteiger partial charge < -0.3 is 5.11 Å². The first-order valence-corrected chi connectivity index (χ1v) is 4.72. The minimum Gasteiger partial charge on any atom is -0.392 e. The maximum atomic E-state index is 10.4. The Morgan fingerprint density at radius 1 is 1.47 bits per heavy atom. The predicted molar refractivity (Wildman–Crippen MR) is 58.5 cm³/mol. The molecule has 0 aromatic heterocycles. The molecular weight excluding hydrogens is 194 g/mol. The third-order valence-electron chi connectivity index (χ3n) is 2.13. The van der Waals surface area contributed by atoms with Crippen molar-refractivity contribution in [3.05, 3.63) is 45.5 Å². The molecule has 0 aliphatic rings. The van der Waals surface area contributed by atoms with E-state index < -0.39 is 4.92 Å². The van der Waals surface area contributed by atoms with Crippen LogP contribution in [0.25, 0.3) is 6.08 Å². The molecule has 1 aromatic carbocycles. The standard InChI is InChI=1S/C11H13NO3/c1-2-9(8-13)7-10-3-5-11(6-4-10)12(14)15/h3-7,13H,2,8H2,1H3. The van der Waals surface area contributed by atoms with Crippen LogP contribution < -0.4 is 0 Å². The fourth-order valence-electron chi connectivity index (χ4n) is 1.19. The number of aliphatic hydroxyl groups is 1. The van der Waals surface area contributed by atoms with Gasteiger partial charge in [-0.2, -0.15) is 0 Å². The first-order valence-electron chi connectivity index (χ1n) is 4.72. The van der Waals surface area contributed by atoms with E-state index in [9.17, 15) is 10.1 Å². The summed E-state index contributed by atoms with van der Waals surface area (Å²) in [5, 5.41) is 19.4. The molecule has 0 spiro atoms. The summed E-state index contributed by atoms with van der Waals surface area (Å²) < 4.78 is 0. The van der Waals surface area contributed by atoms with Crippen molar-refractivity contribution >= 4 is 11.8 Å². The lowest BCUT2D eigenvalue weighted by Crippen LogP contribution is -1.89. The van der Waals surface area contributed by atoms with Crippen LogP contribution in [0.4, 0.5) is 5.69 Å². The smallest absolute Gasteiger partial charge is 0.269 e. The number of hydrogen-bond acceptors (Lipinski definition) is 3. The molecule has 4 nitrogen and oxygen atoms in total. The van der Waals surface area contributed by atoms with Crippen molar-refractivity contribution in [2.24, 2.45) is 0 Å². The van der Waals surface area contributed by atoms with E-state index >= 15 is 0 Å². The van der Waals surface area contributed by atoms with Crippen LogP contribution in [0.5, 0.6) is 0 Å². The van der Waals surface area contributed by atoms with Crippen LogP contribution >= 0.6 is 0 Å². The molecule has 0 aliphatic heterocycles. The van der Waals surface area contributed by atoms with Gasteiger partial charge in [0, 0.05) is 12.1 Å². The van der Waals surface area contributed by atoms with Gasteiger partial charge in [0.05, 0.1) is 11.5 Å². The molecule has 80 valence electrons. The van der Waals surface area contributed by atoms with E-state index in [-0.39, 0.29) is 12.3 Å². The van der Waals surface area contributed by atoms with Gasteiger partial charge in [0.2, 0.25) is 0 Å². The van der Waals surface area contributed by atoms with Crippen LogP contribution in [0.3, 0.4) is 0 Å². The minimum atomic E-state index is -0.430. The second kappa shape index (κ2) is 5.26. The van der Waals surface area contributed by atoms with Crippen LogP contribution in [0.1, 0.15) is 18.9 Å². The molecule has 0 saturated heterocycles. The molecule has 0 radical (unpaired) electrons.